The number of hydrogen-bond acceptors (Lipinski definition) is 2. The monoisotopic (exact) mass is 328 g/mol. The molecular formula is C17H26Cl2N2. The van der Waals surface area contributed by atoms with Crippen LogP contribution in [0.4, 0.5) is 0 Å². The van der Waals surface area contributed by atoms with Gasteiger partial charge in [0.05, 0.1) is 10.0 Å². The lowest BCUT2D eigenvalue weighted by Gasteiger charge is -2.32. The van der Waals surface area contributed by atoms with Gasteiger partial charge in [-0.15, -0.1) is 0 Å². The maximum absolute atomic E-state index is 6.11. The molecule has 0 aromatic heterocycles. The highest BCUT2D eigenvalue weighted by atomic mass is 35.5. The Bertz CT molecular complexity index is 456. The molecule has 1 saturated heterocycles. The Morgan fingerprint density at radius 1 is 1.10 bits per heavy atom. The fraction of sp³-hybridized carbons (Fsp3) is 0.647. The number of halogens is 2. The highest BCUT2D eigenvalue weighted by Crippen LogP contribution is 2.26. The summed E-state index contributed by atoms with van der Waals surface area (Å²) in [6.07, 6.45) is 2.68. The Balaban J connectivity index is 1.94. The van der Waals surface area contributed by atoms with E-state index in [1.807, 2.05) is 18.2 Å². The van der Waals surface area contributed by atoms with Gasteiger partial charge in [-0.2, -0.15) is 0 Å². The molecule has 1 N–H and O–H groups in total. The summed E-state index contributed by atoms with van der Waals surface area (Å²) >= 11 is 12.1. The zero-order valence-corrected chi connectivity index (χ0v) is 14.7. The van der Waals surface area contributed by atoms with E-state index in [2.05, 4.69) is 31.0 Å². The van der Waals surface area contributed by atoms with Crippen LogP contribution in [0, 0.1) is 5.92 Å². The molecule has 0 bridgehead atoms. The van der Waals surface area contributed by atoms with Crippen molar-refractivity contribution in [1.29, 1.82) is 0 Å². The summed E-state index contributed by atoms with van der Waals surface area (Å²) in [7, 11) is 0. The Morgan fingerprint density at radius 3 is 2.33 bits per heavy atom. The first kappa shape index (κ1) is 17.1. The second-order valence-electron chi connectivity index (χ2n) is 6.36. The molecule has 1 aromatic rings. The number of nitrogens with one attached hydrogen (secondary N) is 1. The summed E-state index contributed by atoms with van der Waals surface area (Å²) in [5.41, 5.74) is 1.19. The highest BCUT2D eigenvalue weighted by molar-refractivity contribution is 6.42. The van der Waals surface area contributed by atoms with Crippen molar-refractivity contribution in [2.75, 3.05) is 19.6 Å². The zero-order valence-electron chi connectivity index (χ0n) is 13.2. The minimum atomic E-state index is 0.281. The van der Waals surface area contributed by atoms with Crippen LogP contribution in [0.15, 0.2) is 18.2 Å². The topological polar surface area (TPSA) is 15.3 Å². The maximum atomic E-state index is 6.11. The molecule has 0 aliphatic carbocycles. The van der Waals surface area contributed by atoms with Crippen molar-refractivity contribution in [1.82, 2.24) is 10.2 Å². The second-order valence-corrected chi connectivity index (χ2v) is 7.17. The average Bonchev–Trinajstić information content (AvgIpc) is 2.95. The molecule has 1 fully saturated rings. The molecular weight excluding hydrogens is 303 g/mol. The fourth-order valence-electron chi connectivity index (χ4n) is 3.06. The number of likely N-dealkylation sites (tertiary alicyclic amines) is 1. The molecule has 0 radical (unpaired) electrons. The highest BCUT2D eigenvalue weighted by Gasteiger charge is 2.24. The molecule has 2 atom stereocenters. The molecule has 0 saturated carbocycles. The molecule has 0 spiro atoms. The lowest BCUT2D eigenvalue weighted by molar-refractivity contribution is 0.183. The lowest BCUT2D eigenvalue weighted by Crippen LogP contribution is -2.44. The first-order valence-corrected chi connectivity index (χ1v) is 8.67. The first-order chi connectivity index (χ1) is 9.99. The quantitative estimate of drug-likeness (QED) is 0.809. The lowest BCUT2D eigenvalue weighted by atomic mass is 10.0. The Morgan fingerprint density at radius 2 is 1.76 bits per heavy atom. The van der Waals surface area contributed by atoms with Crippen LogP contribution in [0.5, 0.6) is 0 Å². The molecule has 1 aromatic carbocycles. The van der Waals surface area contributed by atoms with Crippen LogP contribution >= 0.6 is 23.2 Å². The van der Waals surface area contributed by atoms with Crippen molar-refractivity contribution in [3.63, 3.8) is 0 Å². The van der Waals surface area contributed by atoms with Gasteiger partial charge < -0.3 is 5.32 Å². The Labute approximate surface area is 138 Å². The van der Waals surface area contributed by atoms with E-state index in [4.69, 9.17) is 23.2 Å². The van der Waals surface area contributed by atoms with Crippen LogP contribution in [0.3, 0.4) is 0 Å². The van der Waals surface area contributed by atoms with Gasteiger partial charge in [-0.25, -0.2) is 0 Å². The SMILES string of the molecule is CC(NCC(C(C)C)N1CCCC1)c1ccc(Cl)c(Cl)c1. The van der Waals surface area contributed by atoms with Crippen molar-refractivity contribution in [2.45, 2.75) is 45.7 Å². The predicted molar refractivity (Wildman–Crippen MR) is 92.3 cm³/mol. The smallest absolute Gasteiger partial charge is 0.0595 e. The number of rotatable bonds is 6. The van der Waals surface area contributed by atoms with E-state index in [1.54, 1.807) is 0 Å². The third-order valence-corrected chi connectivity index (χ3v) is 5.20. The van der Waals surface area contributed by atoms with Gasteiger partial charge >= 0.3 is 0 Å². The maximum Gasteiger partial charge on any atom is 0.0595 e. The molecule has 118 valence electrons. The molecule has 1 aliphatic rings. The van der Waals surface area contributed by atoms with Gasteiger partial charge in [0.25, 0.3) is 0 Å². The summed E-state index contributed by atoms with van der Waals surface area (Å²) in [6, 6.07) is 6.77. The third-order valence-electron chi connectivity index (χ3n) is 4.46. The van der Waals surface area contributed by atoms with Crippen molar-refractivity contribution in [3.8, 4) is 0 Å². The van der Waals surface area contributed by atoms with Gasteiger partial charge in [-0.3, -0.25) is 4.90 Å². The third kappa shape index (κ3) is 4.59. The van der Waals surface area contributed by atoms with Crippen LogP contribution in [0.2, 0.25) is 10.0 Å². The second kappa shape index (κ2) is 7.82. The summed E-state index contributed by atoms with van der Waals surface area (Å²) in [4.78, 5) is 2.62. The van der Waals surface area contributed by atoms with Crippen molar-refractivity contribution >= 4 is 23.2 Å². The minimum absolute atomic E-state index is 0.281. The standard InChI is InChI=1S/C17H26Cl2N2/c1-12(2)17(21-8-4-5-9-21)11-20-13(3)14-6-7-15(18)16(19)10-14/h6-7,10,12-13,17,20H,4-5,8-9,11H2,1-3H3. The van der Waals surface area contributed by atoms with E-state index in [1.165, 1.54) is 31.5 Å². The number of benzene rings is 1. The molecule has 21 heavy (non-hydrogen) atoms. The van der Waals surface area contributed by atoms with Crippen molar-refractivity contribution in [2.24, 2.45) is 5.92 Å². The molecule has 2 nitrogen and oxygen atoms in total. The van der Waals surface area contributed by atoms with E-state index in [9.17, 15) is 0 Å². The van der Waals surface area contributed by atoms with E-state index in [0.29, 0.717) is 22.0 Å². The molecule has 2 rings (SSSR count). The zero-order chi connectivity index (χ0) is 15.4. The predicted octanol–water partition coefficient (Wildman–Crippen LogP) is 4.76. The molecule has 2 unspecified atom stereocenters. The first-order valence-electron chi connectivity index (χ1n) is 7.91. The van der Waals surface area contributed by atoms with Gasteiger partial charge in [0.15, 0.2) is 0 Å². The van der Waals surface area contributed by atoms with Crippen molar-refractivity contribution < 1.29 is 0 Å². The van der Waals surface area contributed by atoms with Crippen molar-refractivity contribution in [3.05, 3.63) is 33.8 Å². The summed E-state index contributed by atoms with van der Waals surface area (Å²) in [5, 5.41) is 4.90. The van der Waals surface area contributed by atoms with Gasteiger partial charge in [-0.1, -0.05) is 43.1 Å². The number of nitrogens with zero attached hydrogens (tertiary/aromatic N) is 1. The van der Waals surface area contributed by atoms with Crippen LogP contribution in [-0.4, -0.2) is 30.6 Å². The summed E-state index contributed by atoms with van der Waals surface area (Å²) in [6.45, 7) is 10.3. The van der Waals surface area contributed by atoms with E-state index < -0.39 is 0 Å². The van der Waals surface area contributed by atoms with E-state index in [-0.39, 0.29) is 6.04 Å². The Kier molecular flexibility index (Phi) is 6.36. The Hall–Kier alpha value is -0.280. The molecule has 4 heteroatoms. The van der Waals surface area contributed by atoms with Gasteiger partial charge in [-0.05, 0) is 56.5 Å². The van der Waals surface area contributed by atoms with Gasteiger partial charge in [0.2, 0.25) is 0 Å². The minimum Gasteiger partial charge on any atom is -0.309 e. The van der Waals surface area contributed by atoms with E-state index in [0.717, 1.165) is 6.54 Å². The summed E-state index contributed by atoms with van der Waals surface area (Å²) < 4.78 is 0. The molecule has 1 aliphatic heterocycles. The normalized spacial score (nSPS) is 19.1. The van der Waals surface area contributed by atoms with Crippen LogP contribution in [0.25, 0.3) is 0 Å². The fourth-order valence-corrected chi connectivity index (χ4v) is 3.36. The van der Waals surface area contributed by atoms with E-state index >= 15 is 0 Å². The van der Waals surface area contributed by atoms with Gasteiger partial charge in [0.1, 0.15) is 0 Å². The summed E-state index contributed by atoms with van der Waals surface area (Å²) in [5.74, 6) is 0.664. The largest absolute Gasteiger partial charge is 0.309 e. The van der Waals surface area contributed by atoms with Gasteiger partial charge in [0, 0.05) is 18.6 Å². The van der Waals surface area contributed by atoms with Crippen LogP contribution < -0.4 is 5.32 Å². The van der Waals surface area contributed by atoms with Crippen LogP contribution in [0.1, 0.15) is 45.2 Å². The average molecular weight is 329 g/mol. The molecule has 0 amide bonds. The number of hydrogen-bond donors (Lipinski definition) is 1. The van der Waals surface area contributed by atoms with Crippen LogP contribution in [-0.2, 0) is 0 Å². The molecule has 1 heterocycles.